The molecule has 2 aromatic carbocycles. The van der Waals surface area contributed by atoms with Crippen molar-refractivity contribution >= 4 is 10.0 Å². The van der Waals surface area contributed by atoms with Crippen LogP contribution in [-0.4, -0.2) is 28.2 Å². The minimum absolute atomic E-state index is 0.00197. The summed E-state index contributed by atoms with van der Waals surface area (Å²) in [5, 5.41) is 0. The van der Waals surface area contributed by atoms with Crippen molar-refractivity contribution in [3.05, 3.63) is 65.0 Å². The van der Waals surface area contributed by atoms with Gasteiger partial charge in [-0.05, 0) is 43.0 Å². The predicted molar refractivity (Wildman–Crippen MR) is 94.4 cm³/mol. The maximum atomic E-state index is 14.0. The Morgan fingerprint density at radius 3 is 2.37 bits per heavy atom. The van der Waals surface area contributed by atoms with E-state index in [2.05, 4.69) is 4.72 Å². The average molecular weight is 399 g/mol. The molecular weight excluding hydrogens is 379 g/mol. The molecule has 0 atom stereocenters. The van der Waals surface area contributed by atoms with Gasteiger partial charge in [-0.15, -0.1) is 0 Å². The quantitative estimate of drug-likeness (QED) is 0.784. The number of sulfonamides is 1. The number of benzene rings is 2. The van der Waals surface area contributed by atoms with Crippen LogP contribution in [-0.2, 0) is 20.2 Å². The number of nitrogens with one attached hydrogen (secondary N) is 1. The third-order valence-electron chi connectivity index (χ3n) is 5.06. The maximum absolute atomic E-state index is 14.0. The van der Waals surface area contributed by atoms with Gasteiger partial charge in [-0.25, -0.2) is 26.3 Å². The number of hydrogen-bond acceptors (Lipinski definition) is 3. The van der Waals surface area contributed by atoms with Gasteiger partial charge < -0.3 is 4.74 Å². The molecule has 146 valence electrons. The van der Waals surface area contributed by atoms with E-state index in [1.165, 1.54) is 0 Å². The van der Waals surface area contributed by atoms with Crippen molar-refractivity contribution in [2.24, 2.45) is 0 Å². The zero-order chi connectivity index (χ0) is 19.7. The van der Waals surface area contributed by atoms with E-state index in [4.69, 9.17) is 4.74 Å². The number of halogens is 3. The zero-order valence-corrected chi connectivity index (χ0v) is 15.6. The second-order valence-corrected chi connectivity index (χ2v) is 8.44. The third-order valence-corrected chi connectivity index (χ3v) is 6.47. The van der Waals surface area contributed by atoms with Crippen LogP contribution in [0.4, 0.5) is 13.2 Å². The summed E-state index contributed by atoms with van der Waals surface area (Å²) in [5.74, 6) is -4.97. The van der Waals surface area contributed by atoms with E-state index >= 15 is 0 Å². The first-order chi connectivity index (χ1) is 12.8. The molecule has 2 aromatic rings. The molecular formula is C19H20F3NO3S. The molecule has 0 aliphatic carbocycles. The monoisotopic (exact) mass is 399 g/mol. The molecule has 27 heavy (non-hydrogen) atoms. The second kappa shape index (κ2) is 7.61. The average Bonchev–Trinajstić information content (AvgIpc) is 2.65. The summed E-state index contributed by atoms with van der Waals surface area (Å²) in [7, 11) is -4.36. The maximum Gasteiger partial charge on any atom is 0.243 e. The molecule has 1 N–H and O–H groups in total. The minimum atomic E-state index is -4.36. The fraction of sp³-hybridized carbons (Fsp3) is 0.368. The van der Waals surface area contributed by atoms with Gasteiger partial charge in [0.2, 0.25) is 10.0 Å². The molecule has 1 heterocycles. The Morgan fingerprint density at radius 1 is 1.04 bits per heavy atom. The van der Waals surface area contributed by atoms with Crippen molar-refractivity contribution in [3.63, 3.8) is 0 Å². The van der Waals surface area contributed by atoms with Gasteiger partial charge in [0.1, 0.15) is 4.90 Å². The van der Waals surface area contributed by atoms with Crippen molar-refractivity contribution in [1.29, 1.82) is 0 Å². The molecule has 1 fully saturated rings. The van der Waals surface area contributed by atoms with Crippen LogP contribution in [0.1, 0.15) is 24.0 Å². The first kappa shape index (κ1) is 19.9. The van der Waals surface area contributed by atoms with Crippen LogP contribution in [0.25, 0.3) is 0 Å². The summed E-state index contributed by atoms with van der Waals surface area (Å²) in [6.07, 6.45) is 1.17. The topological polar surface area (TPSA) is 55.4 Å². The highest BCUT2D eigenvalue weighted by molar-refractivity contribution is 7.89. The lowest BCUT2D eigenvalue weighted by Crippen LogP contribution is -2.45. The Labute approximate surface area is 156 Å². The largest absolute Gasteiger partial charge is 0.381 e. The SMILES string of the molecule is Cc1ccccc1C1(CNS(=O)(=O)c2ccc(F)c(F)c2F)CCOCC1. The molecule has 1 aliphatic heterocycles. The summed E-state index contributed by atoms with van der Waals surface area (Å²) in [6.45, 7) is 2.88. The summed E-state index contributed by atoms with van der Waals surface area (Å²) in [6, 6.07) is 8.97. The molecule has 1 saturated heterocycles. The summed E-state index contributed by atoms with van der Waals surface area (Å²) < 4.78 is 73.4. The van der Waals surface area contributed by atoms with E-state index in [0.29, 0.717) is 32.1 Å². The van der Waals surface area contributed by atoms with Crippen molar-refractivity contribution < 1.29 is 26.3 Å². The highest BCUT2D eigenvalue weighted by Crippen LogP contribution is 2.36. The minimum Gasteiger partial charge on any atom is -0.381 e. The molecule has 1 aliphatic rings. The summed E-state index contributed by atoms with van der Waals surface area (Å²) in [5.41, 5.74) is 1.48. The lowest BCUT2D eigenvalue weighted by atomic mass is 9.73. The van der Waals surface area contributed by atoms with Gasteiger partial charge in [-0.1, -0.05) is 24.3 Å². The Kier molecular flexibility index (Phi) is 5.60. The summed E-state index contributed by atoms with van der Waals surface area (Å²) in [4.78, 5) is -0.909. The number of aryl methyl sites for hydroxylation is 1. The van der Waals surface area contributed by atoms with Gasteiger partial charge in [-0.3, -0.25) is 0 Å². The van der Waals surface area contributed by atoms with Crippen LogP contribution in [0.3, 0.4) is 0 Å². The van der Waals surface area contributed by atoms with Crippen LogP contribution in [0.2, 0.25) is 0 Å². The van der Waals surface area contributed by atoms with Crippen molar-refractivity contribution in [2.75, 3.05) is 19.8 Å². The normalized spacial score (nSPS) is 17.0. The van der Waals surface area contributed by atoms with Crippen molar-refractivity contribution in [2.45, 2.75) is 30.1 Å². The van der Waals surface area contributed by atoms with Crippen LogP contribution in [0, 0.1) is 24.4 Å². The van der Waals surface area contributed by atoms with E-state index in [0.717, 1.165) is 17.2 Å². The van der Waals surface area contributed by atoms with E-state index < -0.39 is 37.8 Å². The molecule has 0 aromatic heterocycles. The first-order valence-corrected chi connectivity index (χ1v) is 10.0. The molecule has 4 nitrogen and oxygen atoms in total. The number of hydrogen-bond donors (Lipinski definition) is 1. The first-order valence-electron chi connectivity index (χ1n) is 8.54. The number of ether oxygens (including phenoxy) is 1. The van der Waals surface area contributed by atoms with Crippen molar-refractivity contribution in [3.8, 4) is 0 Å². The Balaban J connectivity index is 1.92. The van der Waals surface area contributed by atoms with E-state index in [9.17, 15) is 21.6 Å². The highest BCUT2D eigenvalue weighted by Gasteiger charge is 2.37. The molecule has 8 heteroatoms. The van der Waals surface area contributed by atoms with Gasteiger partial charge >= 0.3 is 0 Å². The van der Waals surface area contributed by atoms with Gasteiger partial charge in [0.25, 0.3) is 0 Å². The fourth-order valence-corrected chi connectivity index (χ4v) is 4.69. The van der Waals surface area contributed by atoms with Crippen LogP contribution in [0.15, 0.2) is 41.3 Å². The standard InChI is InChI=1S/C19H20F3NO3S/c1-13-4-2-3-5-14(13)19(8-10-26-11-9-19)12-23-27(24,25)16-7-6-15(20)17(21)18(16)22/h2-7,23H,8-12H2,1H3. The Hall–Kier alpha value is -1.90. The third kappa shape index (κ3) is 3.88. The molecule has 0 bridgehead atoms. The smallest absolute Gasteiger partial charge is 0.243 e. The van der Waals surface area contributed by atoms with Crippen LogP contribution < -0.4 is 4.72 Å². The molecule has 0 radical (unpaired) electrons. The van der Waals surface area contributed by atoms with Gasteiger partial charge in [0.05, 0.1) is 0 Å². The molecule has 0 unspecified atom stereocenters. The fourth-order valence-electron chi connectivity index (χ4n) is 3.50. The van der Waals surface area contributed by atoms with Gasteiger partial charge in [0, 0.05) is 25.2 Å². The van der Waals surface area contributed by atoms with Crippen molar-refractivity contribution in [1.82, 2.24) is 4.72 Å². The number of rotatable bonds is 5. The van der Waals surface area contributed by atoms with E-state index in [1.54, 1.807) is 0 Å². The molecule has 0 spiro atoms. The summed E-state index contributed by atoms with van der Waals surface area (Å²) >= 11 is 0. The van der Waals surface area contributed by atoms with Crippen LogP contribution in [0.5, 0.6) is 0 Å². The Bertz CT molecular complexity index is 941. The van der Waals surface area contributed by atoms with Gasteiger partial charge in [0.15, 0.2) is 17.5 Å². The van der Waals surface area contributed by atoms with E-state index in [1.807, 2.05) is 31.2 Å². The predicted octanol–water partition coefficient (Wildman–Crippen LogP) is 3.44. The lowest BCUT2D eigenvalue weighted by molar-refractivity contribution is 0.0515. The molecule has 0 amide bonds. The lowest BCUT2D eigenvalue weighted by Gasteiger charge is -2.38. The molecule has 0 saturated carbocycles. The van der Waals surface area contributed by atoms with Gasteiger partial charge in [-0.2, -0.15) is 0 Å². The van der Waals surface area contributed by atoms with E-state index in [-0.39, 0.29) is 6.54 Å². The molecule has 3 rings (SSSR count). The Morgan fingerprint density at radius 2 is 1.70 bits per heavy atom. The zero-order valence-electron chi connectivity index (χ0n) is 14.8. The second-order valence-electron chi connectivity index (χ2n) is 6.71. The van der Waals surface area contributed by atoms with Crippen LogP contribution >= 0.6 is 0 Å². The highest BCUT2D eigenvalue weighted by atomic mass is 32.2.